The molecular formula is C20H25ClN4O2S. The van der Waals surface area contributed by atoms with Crippen LogP contribution in [-0.4, -0.2) is 41.7 Å². The van der Waals surface area contributed by atoms with E-state index in [2.05, 4.69) is 15.5 Å². The predicted octanol–water partition coefficient (Wildman–Crippen LogP) is 3.66. The maximum atomic E-state index is 12.1. The number of benzene rings is 1. The van der Waals surface area contributed by atoms with Crippen molar-refractivity contribution in [3.8, 4) is 0 Å². The molecule has 0 radical (unpaired) electrons. The Morgan fingerprint density at radius 2 is 1.96 bits per heavy atom. The summed E-state index contributed by atoms with van der Waals surface area (Å²) in [6, 6.07) is 10.5. The summed E-state index contributed by atoms with van der Waals surface area (Å²) in [4.78, 5) is 26.0. The lowest BCUT2D eigenvalue weighted by molar-refractivity contribution is 0.252. The molecule has 0 aliphatic carbocycles. The second kappa shape index (κ2) is 10.4. The molecule has 28 heavy (non-hydrogen) atoms. The molecule has 0 bridgehead atoms. The highest BCUT2D eigenvalue weighted by molar-refractivity contribution is 7.99. The fourth-order valence-electron chi connectivity index (χ4n) is 3.08. The molecule has 0 atom stereocenters. The highest BCUT2D eigenvalue weighted by Gasteiger charge is 2.14. The van der Waals surface area contributed by atoms with Crippen LogP contribution in [-0.2, 0) is 6.54 Å². The lowest BCUT2D eigenvalue weighted by Gasteiger charge is -2.29. The molecule has 0 saturated carbocycles. The van der Waals surface area contributed by atoms with E-state index in [0.29, 0.717) is 23.8 Å². The lowest BCUT2D eigenvalue weighted by atomic mass is 10.2. The van der Waals surface area contributed by atoms with Crippen molar-refractivity contribution < 1.29 is 4.79 Å². The number of hydrogen-bond donors (Lipinski definition) is 2. The minimum Gasteiger partial charge on any atom is -0.369 e. The molecular weight excluding hydrogens is 396 g/mol. The van der Waals surface area contributed by atoms with Gasteiger partial charge in [0.15, 0.2) is 0 Å². The van der Waals surface area contributed by atoms with Crippen molar-refractivity contribution in [2.75, 3.05) is 41.4 Å². The smallest absolute Gasteiger partial charge is 0.319 e. The van der Waals surface area contributed by atoms with Crippen molar-refractivity contribution in [1.82, 2.24) is 9.88 Å². The van der Waals surface area contributed by atoms with Crippen LogP contribution in [0.15, 0.2) is 47.4 Å². The first-order chi connectivity index (χ1) is 13.6. The van der Waals surface area contributed by atoms with Gasteiger partial charge in [-0.25, -0.2) is 4.79 Å². The molecule has 2 N–H and O–H groups in total. The molecule has 1 fully saturated rings. The van der Waals surface area contributed by atoms with Gasteiger partial charge in [-0.2, -0.15) is 11.8 Å². The first-order valence-electron chi connectivity index (χ1n) is 9.46. The van der Waals surface area contributed by atoms with Crippen molar-refractivity contribution in [1.29, 1.82) is 0 Å². The zero-order valence-electron chi connectivity index (χ0n) is 15.7. The molecule has 1 aliphatic heterocycles. The molecule has 6 nitrogen and oxygen atoms in total. The van der Waals surface area contributed by atoms with Crippen molar-refractivity contribution in [3.63, 3.8) is 0 Å². The summed E-state index contributed by atoms with van der Waals surface area (Å²) >= 11 is 8.37. The second-order valence-electron chi connectivity index (χ2n) is 6.59. The standard InChI is InChI=1S/C20H25ClN4O2S/c21-17-15-16(6-7-18(17)24-11-13-28-14-12-24)23-20(27)22-8-2-4-10-25-9-3-1-5-19(25)26/h1,3,5-7,9,15H,2,4,8,10-14H2,(H2,22,23,27). The molecule has 2 heterocycles. The average Bonchev–Trinajstić information content (AvgIpc) is 2.70. The Balaban J connectivity index is 1.40. The zero-order chi connectivity index (χ0) is 19.8. The number of nitrogens with zero attached hydrogens (tertiary/aromatic N) is 2. The van der Waals surface area contributed by atoms with E-state index in [1.807, 2.05) is 30.0 Å². The van der Waals surface area contributed by atoms with E-state index in [4.69, 9.17) is 11.6 Å². The van der Waals surface area contributed by atoms with Crippen molar-refractivity contribution in [2.24, 2.45) is 0 Å². The van der Waals surface area contributed by atoms with Crippen LogP contribution in [0.3, 0.4) is 0 Å². The van der Waals surface area contributed by atoms with Crippen LogP contribution < -0.4 is 21.1 Å². The Hall–Kier alpha value is -2.12. The van der Waals surface area contributed by atoms with Crippen molar-refractivity contribution in [2.45, 2.75) is 19.4 Å². The van der Waals surface area contributed by atoms with Crippen LogP contribution >= 0.6 is 23.4 Å². The third kappa shape index (κ3) is 5.94. The average molecular weight is 421 g/mol. The number of anilines is 2. The Kier molecular flexibility index (Phi) is 7.68. The molecule has 0 unspecified atom stereocenters. The van der Waals surface area contributed by atoms with Gasteiger partial charge >= 0.3 is 6.03 Å². The number of amides is 2. The van der Waals surface area contributed by atoms with Gasteiger partial charge in [-0.3, -0.25) is 4.79 Å². The Morgan fingerprint density at radius 3 is 2.71 bits per heavy atom. The van der Waals surface area contributed by atoms with Crippen molar-refractivity contribution >= 4 is 40.8 Å². The molecule has 2 aromatic rings. The summed E-state index contributed by atoms with van der Waals surface area (Å²) in [6.45, 7) is 3.18. The first-order valence-corrected chi connectivity index (χ1v) is 11.0. The zero-order valence-corrected chi connectivity index (χ0v) is 17.3. The van der Waals surface area contributed by atoms with E-state index in [1.165, 1.54) is 0 Å². The maximum absolute atomic E-state index is 12.1. The third-order valence-corrected chi connectivity index (χ3v) is 5.81. The molecule has 3 rings (SSSR count). The van der Waals surface area contributed by atoms with Crippen molar-refractivity contribution in [3.05, 3.63) is 58.0 Å². The van der Waals surface area contributed by atoms with Crippen LogP contribution in [0.25, 0.3) is 0 Å². The molecule has 1 aromatic carbocycles. The molecule has 150 valence electrons. The van der Waals surface area contributed by atoms with Crippen LogP contribution in [0.1, 0.15) is 12.8 Å². The van der Waals surface area contributed by atoms with E-state index in [9.17, 15) is 9.59 Å². The predicted molar refractivity (Wildman–Crippen MR) is 118 cm³/mol. The number of hydrogen-bond acceptors (Lipinski definition) is 4. The highest BCUT2D eigenvalue weighted by Crippen LogP contribution is 2.30. The summed E-state index contributed by atoms with van der Waals surface area (Å²) in [5.41, 5.74) is 1.69. The molecule has 1 saturated heterocycles. The fraction of sp³-hybridized carbons (Fsp3) is 0.400. The monoisotopic (exact) mass is 420 g/mol. The van der Waals surface area contributed by atoms with E-state index < -0.39 is 0 Å². The van der Waals surface area contributed by atoms with Crippen LogP contribution in [0.5, 0.6) is 0 Å². The number of nitrogens with one attached hydrogen (secondary N) is 2. The lowest BCUT2D eigenvalue weighted by Crippen LogP contribution is -2.32. The first kappa shape index (κ1) is 20.6. The molecule has 1 aliphatic rings. The van der Waals surface area contributed by atoms with Crippen LogP contribution in [0.4, 0.5) is 16.2 Å². The second-order valence-corrected chi connectivity index (χ2v) is 8.22. The summed E-state index contributed by atoms with van der Waals surface area (Å²) in [5, 5.41) is 6.30. The number of rotatable bonds is 7. The van der Waals surface area contributed by atoms with Gasteiger partial charge in [-0.15, -0.1) is 0 Å². The minimum absolute atomic E-state index is 0.00293. The summed E-state index contributed by atoms with van der Waals surface area (Å²) in [6.07, 6.45) is 3.39. The number of aromatic nitrogens is 1. The number of aryl methyl sites for hydroxylation is 1. The Morgan fingerprint density at radius 1 is 1.14 bits per heavy atom. The van der Waals surface area contributed by atoms with Gasteiger partial charge in [0.1, 0.15) is 0 Å². The molecule has 2 amide bonds. The number of carbonyl (C=O) groups is 1. The van der Waals surface area contributed by atoms with E-state index in [0.717, 1.165) is 43.1 Å². The summed E-state index contributed by atoms with van der Waals surface area (Å²) in [5.74, 6) is 2.22. The molecule has 1 aromatic heterocycles. The number of unbranched alkanes of at least 4 members (excludes halogenated alkanes) is 1. The van der Waals surface area contributed by atoms with Gasteiger partial charge in [0.05, 0.1) is 10.7 Å². The van der Waals surface area contributed by atoms with Gasteiger partial charge in [0, 0.05) is 55.6 Å². The largest absolute Gasteiger partial charge is 0.369 e. The van der Waals surface area contributed by atoms with Gasteiger partial charge < -0.3 is 20.1 Å². The topological polar surface area (TPSA) is 66.4 Å². The van der Waals surface area contributed by atoms with E-state index >= 15 is 0 Å². The quantitative estimate of drug-likeness (QED) is 0.671. The fourth-order valence-corrected chi connectivity index (χ4v) is 4.28. The van der Waals surface area contributed by atoms with Crippen LogP contribution in [0.2, 0.25) is 5.02 Å². The SMILES string of the molecule is O=C(NCCCCn1ccccc1=O)Nc1ccc(N2CCSCC2)c(Cl)c1. The number of urea groups is 1. The molecule has 8 heteroatoms. The van der Waals surface area contributed by atoms with Gasteiger partial charge in [-0.1, -0.05) is 17.7 Å². The normalized spacial score (nSPS) is 14.0. The highest BCUT2D eigenvalue weighted by atomic mass is 35.5. The number of carbonyl (C=O) groups excluding carboxylic acids is 1. The van der Waals surface area contributed by atoms with Crippen LogP contribution in [0, 0.1) is 0 Å². The Labute approximate surface area is 174 Å². The van der Waals surface area contributed by atoms with E-state index in [-0.39, 0.29) is 11.6 Å². The number of halogens is 1. The van der Waals surface area contributed by atoms with Gasteiger partial charge in [0.2, 0.25) is 5.56 Å². The summed E-state index contributed by atoms with van der Waals surface area (Å²) < 4.78 is 1.67. The number of thioether (sulfide) groups is 1. The molecule has 0 spiro atoms. The third-order valence-electron chi connectivity index (χ3n) is 4.57. The minimum atomic E-state index is -0.255. The Bertz CT molecular complexity index is 852. The van der Waals surface area contributed by atoms with Gasteiger partial charge in [0.25, 0.3) is 0 Å². The van der Waals surface area contributed by atoms with Gasteiger partial charge in [-0.05, 0) is 37.1 Å². The number of pyridine rings is 1. The maximum Gasteiger partial charge on any atom is 0.319 e. The van der Waals surface area contributed by atoms with E-state index in [1.54, 1.807) is 29.0 Å². The summed E-state index contributed by atoms with van der Waals surface area (Å²) in [7, 11) is 0.